The number of nitrogens with zero attached hydrogens (tertiary/aromatic N) is 1. The Bertz CT molecular complexity index is 340. The van der Waals surface area contributed by atoms with Crippen LogP contribution in [0.1, 0.15) is 59.8 Å². The van der Waals surface area contributed by atoms with E-state index in [1.54, 1.807) is 13.8 Å². The van der Waals surface area contributed by atoms with Gasteiger partial charge in [0.2, 0.25) is 0 Å². The molecule has 2 atom stereocenters. The van der Waals surface area contributed by atoms with Gasteiger partial charge in [-0.3, -0.25) is 0 Å². The largest absolute Gasteiger partial charge is 0.480 e. The zero-order valence-corrected chi connectivity index (χ0v) is 12.4. The Morgan fingerprint density at radius 3 is 2.26 bits per heavy atom. The molecule has 1 fully saturated rings. The number of carbonyl (C=O) groups is 2. The second kappa shape index (κ2) is 6.26. The molecule has 1 heterocycles. The molecule has 5 heteroatoms. The molecule has 0 aliphatic carbocycles. The molecule has 0 saturated carbocycles. The molecule has 1 aliphatic heterocycles. The topological polar surface area (TPSA) is 69.6 Å². The SMILES string of the molecule is CCC1CCC(C)N1C(=O)NC(CC)(CC)C(=O)O. The number of carboxylic acids is 1. The van der Waals surface area contributed by atoms with E-state index in [1.165, 1.54) is 0 Å². The van der Waals surface area contributed by atoms with Gasteiger partial charge in [0.15, 0.2) is 0 Å². The third-order valence-corrected chi connectivity index (χ3v) is 4.45. The first-order chi connectivity index (χ1) is 8.91. The number of carbonyl (C=O) groups excluding carboxylic acids is 1. The second-order valence-corrected chi connectivity index (χ2v) is 5.42. The lowest BCUT2D eigenvalue weighted by Crippen LogP contribution is -2.58. The predicted molar refractivity (Wildman–Crippen MR) is 74.1 cm³/mol. The van der Waals surface area contributed by atoms with Gasteiger partial charge in [0.1, 0.15) is 5.54 Å². The zero-order valence-electron chi connectivity index (χ0n) is 12.4. The quantitative estimate of drug-likeness (QED) is 0.806. The fourth-order valence-corrected chi connectivity index (χ4v) is 2.89. The molecule has 2 unspecified atom stereocenters. The van der Waals surface area contributed by atoms with Crippen molar-refractivity contribution in [2.45, 2.75) is 77.4 Å². The fourth-order valence-electron chi connectivity index (χ4n) is 2.89. The van der Waals surface area contributed by atoms with E-state index in [9.17, 15) is 14.7 Å². The molecule has 1 saturated heterocycles. The van der Waals surface area contributed by atoms with E-state index in [1.807, 2.05) is 11.8 Å². The van der Waals surface area contributed by atoms with Crippen LogP contribution < -0.4 is 5.32 Å². The summed E-state index contributed by atoms with van der Waals surface area (Å²) < 4.78 is 0. The highest BCUT2D eigenvalue weighted by Gasteiger charge is 2.41. The van der Waals surface area contributed by atoms with Crippen molar-refractivity contribution in [2.24, 2.45) is 0 Å². The van der Waals surface area contributed by atoms with Crippen molar-refractivity contribution >= 4 is 12.0 Å². The molecule has 0 aromatic heterocycles. The zero-order chi connectivity index (χ0) is 14.6. The molecule has 0 aromatic carbocycles. The highest BCUT2D eigenvalue weighted by molar-refractivity contribution is 5.86. The van der Waals surface area contributed by atoms with Crippen LogP contribution in [0.5, 0.6) is 0 Å². The summed E-state index contributed by atoms with van der Waals surface area (Å²) in [4.78, 5) is 25.7. The third kappa shape index (κ3) is 3.01. The van der Waals surface area contributed by atoms with Crippen LogP contribution in [0, 0.1) is 0 Å². The Morgan fingerprint density at radius 1 is 1.26 bits per heavy atom. The van der Waals surface area contributed by atoms with Crippen LogP contribution in [-0.2, 0) is 4.79 Å². The van der Waals surface area contributed by atoms with Gasteiger partial charge in [-0.2, -0.15) is 0 Å². The standard InChI is InChI=1S/C14H26N2O3/c1-5-11-9-8-10(4)16(11)13(19)15-14(6-2,7-3)12(17)18/h10-11H,5-9H2,1-4H3,(H,15,19)(H,17,18). The van der Waals surface area contributed by atoms with Crippen molar-refractivity contribution < 1.29 is 14.7 Å². The second-order valence-electron chi connectivity index (χ2n) is 5.42. The molecule has 1 rings (SSSR count). The number of urea groups is 1. The molecule has 0 aromatic rings. The molecular formula is C14H26N2O3. The maximum atomic E-state index is 12.4. The van der Waals surface area contributed by atoms with Gasteiger partial charge < -0.3 is 15.3 Å². The lowest BCUT2D eigenvalue weighted by atomic mass is 9.93. The van der Waals surface area contributed by atoms with Crippen LogP contribution in [-0.4, -0.2) is 39.6 Å². The number of rotatable bonds is 5. The van der Waals surface area contributed by atoms with E-state index in [0.717, 1.165) is 19.3 Å². The fraction of sp³-hybridized carbons (Fsp3) is 0.857. The molecule has 5 nitrogen and oxygen atoms in total. The minimum absolute atomic E-state index is 0.185. The average molecular weight is 270 g/mol. The first-order valence-corrected chi connectivity index (χ1v) is 7.25. The van der Waals surface area contributed by atoms with Crippen LogP contribution >= 0.6 is 0 Å². The van der Waals surface area contributed by atoms with Crippen molar-refractivity contribution in [1.29, 1.82) is 0 Å². The summed E-state index contributed by atoms with van der Waals surface area (Å²) in [7, 11) is 0. The van der Waals surface area contributed by atoms with Gasteiger partial charge in [0, 0.05) is 12.1 Å². The van der Waals surface area contributed by atoms with Crippen molar-refractivity contribution in [1.82, 2.24) is 10.2 Å². The Labute approximate surface area is 115 Å². The molecule has 0 radical (unpaired) electrons. The summed E-state index contributed by atoms with van der Waals surface area (Å²) in [6.45, 7) is 7.67. The van der Waals surface area contributed by atoms with Crippen LogP contribution in [0.2, 0.25) is 0 Å². The van der Waals surface area contributed by atoms with Gasteiger partial charge in [0.25, 0.3) is 0 Å². The van der Waals surface area contributed by atoms with Gasteiger partial charge in [-0.1, -0.05) is 20.8 Å². The third-order valence-electron chi connectivity index (χ3n) is 4.45. The number of aliphatic carboxylic acids is 1. The van der Waals surface area contributed by atoms with Gasteiger partial charge >= 0.3 is 12.0 Å². The Kier molecular flexibility index (Phi) is 5.20. The number of likely N-dealkylation sites (tertiary alicyclic amines) is 1. The Hall–Kier alpha value is -1.26. The Morgan fingerprint density at radius 2 is 1.84 bits per heavy atom. The molecule has 2 N–H and O–H groups in total. The van der Waals surface area contributed by atoms with Crippen molar-refractivity contribution in [3.63, 3.8) is 0 Å². The first-order valence-electron chi connectivity index (χ1n) is 7.25. The van der Waals surface area contributed by atoms with Crippen LogP contribution in [0.25, 0.3) is 0 Å². The monoisotopic (exact) mass is 270 g/mol. The van der Waals surface area contributed by atoms with Crippen LogP contribution in [0.4, 0.5) is 4.79 Å². The first kappa shape index (κ1) is 15.8. The van der Waals surface area contributed by atoms with Gasteiger partial charge in [-0.05, 0) is 39.0 Å². The molecular weight excluding hydrogens is 244 g/mol. The van der Waals surface area contributed by atoms with E-state index >= 15 is 0 Å². The molecule has 110 valence electrons. The smallest absolute Gasteiger partial charge is 0.329 e. The minimum Gasteiger partial charge on any atom is -0.480 e. The lowest BCUT2D eigenvalue weighted by Gasteiger charge is -2.34. The number of hydrogen-bond donors (Lipinski definition) is 2. The maximum Gasteiger partial charge on any atom is 0.329 e. The van der Waals surface area contributed by atoms with E-state index in [2.05, 4.69) is 12.2 Å². The molecule has 19 heavy (non-hydrogen) atoms. The number of amides is 2. The highest BCUT2D eigenvalue weighted by Crippen LogP contribution is 2.27. The average Bonchev–Trinajstić information content (AvgIpc) is 2.76. The normalized spacial score (nSPS) is 23.5. The molecule has 0 spiro atoms. The van der Waals surface area contributed by atoms with Gasteiger partial charge in [-0.15, -0.1) is 0 Å². The van der Waals surface area contributed by atoms with Crippen LogP contribution in [0.15, 0.2) is 0 Å². The number of carboxylic acid groups (broad SMARTS) is 1. The van der Waals surface area contributed by atoms with Crippen LogP contribution in [0.3, 0.4) is 0 Å². The van der Waals surface area contributed by atoms with Gasteiger partial charge in [-0.25, -0.2) is 9.59 Å². The van der Waals surface area contributed by atoms with Gasteiger partial charge in [0.05, 0.1) is 0 Å². The van der Waals surface area contributed by atoms with E-state index in [4.69, 9.17) is 0 Å². The van der Waals surface area contributed by atoms with E-state index in [0.29, 0.717) is 12.8 Å². The summed E-state index contributed by atoms with van der Waals surface area (Å²) >= 11 is 0. The summed E-state index contributed by atoms with van der Waals surface area (Å²) in [5, 5.41) is 12.1. The summed E-state index contributed by atoms with van der Waals surface area (Å²) in [6.07, 6.45) is 3.69. The summed E-state index contributed by atoms with van der Waals surface area (Å²) in [5.74, 6) is -0.953. The molecule has 2 amide bonds. The summed E-state index contributed by atoms with van der Waals surface area (Å²) in [6, 6.07) is 0.184. The van der Waals surface area contributed by atoms with Crippen molar-refractivity contribution in [2.75, 3.05) is 0 Å². The Balaban J connectivity index is 2.85. The number of nitrogens with one attached hydrogen (secondary N) is 1. The molecule has 1 aliphatic rings. The van der Waals surface area contributed by atoms with E-state index in [-0.39, 0.29) is 18.1 Å². The van der Waals surface area contributed by atoms with E-state index < -0.39 is 11.5 Å². The minimum atomic E-state index is -1.14. The number of hydrogen-bond acceptors (Lipinski definition) is 2. The van der Waals surface area contributed by atoms with Crippen molar-refractivity contribution in [3.05, 3.63) is 0 Å². The molecule has 0 bridgehead atoms. The van der Waals surface area contributed by atoms with Crippen molar-refractivity contribution in [3.8, 4) is 0 Å². The maximum absolute atomic E-state index is 12.4. The summed E-state index contributed by atoms with van der Waals surface area (Å²) in [5.41, 5.74) is -1.14. The predicted octanol–water partition coefficient (Wildman–Crippen LogP) is 2.60. The lowest BCUT2D eigenvalue weighted by molar-refractivity contribution is -0.144. The highest BCUT2D eigenvalue weighted by atomic mass is 16.4.